The fourth-order valence-corrected chi connectivity index (χ4v) is 4.09. The van der Waals surface area contributed by atoms with Crippen LogP contribution in [0.4, 0.5) is 10.6 Å². The molecule has 9 heteroatoms. The molecule has 122 valence electrons. The summed E-state index contributed by atoms with van der Waals surface area (Å²) in [5, 5.41) is 8.20. The van der Waals surface area contributed by atoms with E-state index >= 15 is 0 Å². The Labute approximate surface area is 142 Å². The van der Waals surface area contributed by atoms with Crippen LogP contribution in [0.25, 0.3) is 11.0 Å². The molecule has 1 atom stereocenters. The molecule has 0 bridgehead atoms. The van der Waals surface area contributed by atoms with Gasteiger partial charge in [-0.2, -0.15) is 5.10 Å². The number of piperidine rings is 1. The zero-order valence-electron chi connectivity index (χ0n) is 12.9. The number of nitrogens with zero attached hydrogens (tertiary/aromatic N) is 6. The van der Waals surface area contributed by atoms with E-state index in [1.807, 2.05) is 11.9 Å². The van der Waals surface area contributed by atoms with Gasteiger partial charge in [0.25, 0.3) is 0 Å². The summed E-state index contributed by atoms with van der Waals surface area (Å²) < 4.78 is 2.51. The van der Waals surface area contributed by atoms with Crippen molar-refractivity contribution in [2.45, 2.75) is 18.9 Å². The molecule has 0 aromatic carbocycles. The maximum Gasteiger partial charge on any atom is 0.317 e. The van der Waals surface area contributed by atoms with Crippen LogP contribution in [0.2, 0.25) is 0 Å². The van der Waals surface area contributed by atoms with E-state index in [1.165, 1.54) is 0 Å². The van der Waals surface area contributed by atoms with Crippen LogP contribution in [0.3, 0.4) is 0 Å². The first-order chi connectivity index (χ1) is 11.1. The number of nitrogens with one attached hydrogen (secondary N) is 1. The summed E-state index contributed by atoms with van der Waals surface area (Å²) in [7, 11) is 1.87. The van der Waals surface area contributed by atoms with E-state index in [-0.39, 0.29) is 12.1 Å². The molecule has 1 N–H and O–H groups in total. The average Bonchev–Trinajstić information content (AvgIpc) is 3.11. The summed E-state index contributed by atoms with van der Waals surface area (Å²) in [5.41, 5.74) is 0.808. The molecule has 0 aliphatic carbocycles. The Hall–Kier alpha value is -1.90. The maximum absolute atomic E-state index is 11.9. The molecule has 4 heterocycles. The van der Waals surface area contributed by atoms with Gasteiger partial charge in [0.2, 0.25) is 0 Å². The third-order valence-electron chi connectivity index (χ3n) is 4.58. The minimum atomic E-state index is 0.0484. The van der Waals surface area contributed by atoms with Crippen molar-refractivity contribution in [2.75, 3.05) is 31.1 Å². The van der Waals surface area contributed by atoms with Gasteiger partial charge >= 0.3 is 6.03 Å². The predicted molar refractivity (Wildman–Crippen MR) is 89.3 cm³/mol. The zero-order valence-corrected chi connectivity index (χ0v) is 14.5. The first-order valence-electron chi connectivity index (χ1n) is 7.78. The highest BCUT2D eigenvalue weighted by molar-refractivity contribution is 9.10. The lowest BCUT2D eigenvalue weighted by atomic mass is 10.0. The minimum absolute atomic E-state index is 0.0484. The monoisotopic (exact) mass is 379 g/mol. The number of fused-ring (bicyclic) bond motifs is 1. The Morgan fingerprint density at radius 1 is 1.35 bits per heavy atom. The van der Waals surface area contributed by atoms with Crippen molar-refractivity contribution in [3.8, 4) is 0 Å². The van der Waals surface area contributed by atoms with Gasteiger partial charge in [-0.05, 0) is 28.8 Å². The molecule has 2 fully saturated rings. The van der Waals surface area contributed by atoms with Gasteiger partial charge in [0.05, 0.1) is 11.4 Å². The van der Waals surface area contributed by atoms with Gasteiger partial charge in [-0.1, -0.05) is 0 Å². The predicted octanol–water partition coefficient (Wildman–Crippen LogP) is 1.12. The van der Waals surface area contributed by atoms with Gasteiger partial charge in [0.1, 0.15) is 16.7 Å². The Balaban J connectivity index is 1.66. The second-order valence-corrected chi connectivity index (χ2v) is 6.73. The van der Waals surface area contributed by atoms with E-state index in [0.717, 1.165) is 60.5 Å². The summed E-state index contributed by atoms with van der Waals surface area (Å²) in [6.07, 6.45) is 3.65. The number of hydrogen-bond donors (Lipinski definition) is 1. The van der Waals surface area contributed by atoms with Crippen LogP contribution in [0, 0.1) is 0 Å². The number of aryl methyl sites for hydroxylation is 1. The molecule has 2 aliphatic rings. The van der Waals surface area contributed by atoms with Crippen molar-refractivity contribution in [1.82, 2.24) is 30.0 Å². The molecular formula is C14H18BrN7O. The summed E-state index contributed by atoms with van der Waals surface area (Å²) in [6, 6.07) is 0.277. The molecule has 0 radical (unpaired) electrons. The number of anilines is 1. The largest absolute Gasteiger partial charge is 0.354 e. The van der Waals surface area contributed by atoms with Crippen LogP contribution in [0.1, 0.15) is 12.8 Å². The van der Waals surface area contributed by atoms with Crippen molar-refractivity contribution < 1.29 is 4.79 Å². The topological polar surface area (TPSA) is 79.2 Å². The van der Waals surface area contributed by atoms with Gasteiger partial charge in [-0.15, -0.1) is 0 Å². The Bertz CT molecular complexity index is 761. The lowest BCUT2D eigenvalue weighted by molar-refractivity contribution is 0.189. The van der Waals surface area contributed by atoms with Crippen molar-refractivity contribution >= 4 is 38.8 Å². The molecule has 0 spiro atoms. The van der Waals surface area contributed by atoms with Crippen molar-refractivity contribution in [2.24, 2.45) is 7.05 Å². The number of aromatic nitrogens is 4. The van der Waals surface area contributed by atoms with E-state index in [0.29, 0.717) is 0 Å². The molecule has 4 rings (SSSR count). The van der Waals surface area contributed by atoms with Gasteiger partial charge in [-0.3, -0.25) is 0 Å². The summed E-state index contributed by atoms with van der Waals surface area (Å²) >= 11 is 3.51. The van der Waals surface area contributed by atoms with Crippen molar-refractivity contribution in [3.05, 3.63) is 10.9 Å². The zero-order chi connectivity index (χ0) is 16.0. The van der Waals surface area contributed by atoms with Crippen LogP contribution in [0.5, 0.6) is 0 Å². The Kier molecular flexibility index (Phi) is 3.59. The summed E-state index contributed by atoms with van der Waals surface area (Å²) in [5.74, 6) is 0.888. The Morgan fingerprint density at radius 3 is 3.00 bits per heavy atom. The van der Waals surface area contributed by atoms with Crippen molar-refractivity contribution in [1.29, 1.82) is 0 Å². The average molecular weight is 380 g/mol. The number of hydrogen-bond acceptors (Lipinski definition) is 5. The molecule has 8 nitrogen and oxygen atoms in total. The first kappa shape index (κ1) is 14.7. The SMILES string of the molecule is Cn1nc(Br)c2c(N3CCCC(N4CCNC4=O)C3)ncnc21. The molecule has 0 saturated carbocycles. The molecule has 2 aromatic heterocycles. The fraction of sp³-hybridized carbons (Fsp3) is 0.571. The summed E-state index contributed by atoms with van der Waals surface area (Å²) in [4.78, 5) is 25.0. The van der Waals surface area contributed by atoms with Crippen LogP contribution in [-0.4, -0.2) is 62.9 Å². The maximum atomic E-state index is 11.9. The minimum Gasteiger partial charge on any atom is -0.354 e. The third-order valence-corrected chi connectivity index (χ3v) is 5.14. The van der Waals surface area contributed by atoms with Gasteiger partial charge in [0, 0.05) is 33.2 Å². The molecule has 2 amide bonds. The molecule has 1 unspecified atom stereocenters. The normalized spacial score (nSPS) is 22.0. The van der Waals surface area contributed by atoms with E-state index < -0.39 is 0 Å². The lowest BCUT2D eigenvalue weighted by Crippen LogP contribution is -2.49. The van der Waals surface area contributed by atoms with E-state index in [2.05, 4.69) is 41.2 Å². The third kappa shape index (κ3) is 2.43. The van der Waals surface area contributed by atoms with Crippen molar-refractivity contribution in [3.63, 3.8) is 0 Å². The van der Waals surface area contributed by atoms with Gasteiger partial charge in [-0.25, -0.2) is 19.4 Å². The van der Waals surface area contributed by atoms with E-state index in [4.69, 9.17) is 0 Å². The number of rotatable bonds is 2. The number of carbonyl (C=O) groups is 1. The smallest absolute Gasteiger partial charge is 0.317 e. The van der Waals surface area contributed by atoms with Crippen LogP contribution in [-0.2, 0) is 7.05 Å². The van der Waals surface area contributed by atoms with Gasteiger partial charge in [0.15, 0.2) is 5.65 Å². The molecule has 2 aromatic rings. The second kappa shape index (κ2) is 5.63. The van der Waals surface area contributed by atoms with Crippen LogP contribution >= 0.6 is 15.9 Å². The standard InChI is InChI=1S/C14H18BrN7O/c1-20-12-10(11(15)19-20)13(18-8-17-12)21-5-2-3-9(7-21)22-6-4-16-14(22)23/h8-9H,2-7H2,1H3,(H,16,23). The highest BCUT2D eigenvalue weighted by atomic mass is 79.9. The van der Waals surface area contributed by atoms with Gasteiger partial charge < -0.3 is 15.1 Å². The number of carbonyl (C=O) groups excluding carboxylic acids is 1. The highest BCUT2D eigenvalue weighted by Crippen LogP contribution is 2.31. The fourth-order valence-electron chi connectivity index (χ4n) is 3.50. The van der Waals surface area contributed by atoms with E-state index in [9.17, 15) is 4.79 Å². The molecule has 23 heavy (non-hydrogen) atoms. The molecular weight excluding hydrogens is 362 g/mol. The quantitative estimate of drug-likeness (QED) is 0.845. The first-order valence-corrected chi connectivity index (χ1v) is 8.57. The van der Waals surface area contributed by atoms with Crippen LogP contribution in [0.15, 0.2) is 10.9 Å². The van der Waals surface area contributed by atoms with Crippen LogP contribution < -0.4 is 10.2 Å². The number of amides is 2. The number of urea groups is 1. The number of halogens is 1. The molecule has 2 aliphatic heterocycles. The highest BCUT2D eigenvalue weighted by Gasteiger charge is 2.32. The molecule has 2 saturated heterocycles. The second-order valence-electron chi connectivity index (χ2n) is 5.98. The van der Waals surface area contributed by atoms with E-state index in [1.54, 1.807) is 11.0 Å². The Morgan fingerprint density at radius 2 is 2.22 bits per heavy atom. The summed E-state index contributed by atoms with van der Waals surface area (Å²) in [6.45, 7) is 3.24. The lowest BCUT2D eigenvalue weighted by Gasteiger charge is -2.37.